The maximum atomic E-state index is 4.86. The third kappa shape index (κ3) is 5.34. The summed E-state index contributed by atoms with van der Waals surface area (Å²) < 4.78 is 0. The molecule has 0 saturated carbocycles. The Morgan fingerprint density at radius 1 is 0.568 bits per heavy atom. The zero-order chi connectivity index (χ0) is 25.6. The fourth-order valence-electron chi connectivity index (χ4n) is 4.07. The molecule has 5 aromatic rings. The fraction of sp³-hybridized carbons (Fsp3) is 0.0303. The number of pyridine rings is 1. The first-order chi connectivity index (χ1) is 18.1. The highest BCUT2D eigenvalue weighted by molar-refractivity contribution is 5.76. The van der Waals surface area contributed by atoms with Crippen molar-refractivity contribution in [3.63, 3.8) is 0 Å². The van der Waals surface area contributed by atoms with Crippen molar-refractivity contribution in [1.29, 1.82) is 0 Å². The summed E-state index contributed by atoms with van der Waals surface area (Å²) in [4.78, 5) is 19.1. The summed E-state index contributed by atoms with van der Waals surface area (Å²) in [5, 5.41) is 0. The maximum Gasteiger partial charge on any atom is 0.164 e. The van der Waals surface area contributed by atoms with Crippen LogP contribution in [-0.2, 0) is 0 Å². The second-order valence-corrected chi connectivity index (χ2v) is 8.55. The highest BCUT2D eigenvalue weighted by Crippen LogP contribution is 2.27. The predicted molar refractivity (Wildman–Crippen MR) is 152 cm³/mol. The van der Waals surface area contributed by atoms with Gasteiger partial charge in [0, 0.05) is 27.9 Å². The first-order valence-electron chi connectivity index (χ1n) is 12.1. The molecule has 0 fully saturated rings. The van der Waals surface area contributed by atoms with Crippen LogP contribution in [-0.4, -0.2) is 19.9 Å². The summed E-state index contributed by atoms with van der Waals surface area (Å²) >= 11 is 0. The molecule has 2 heterocycles. The highest BCUT2D eigenvalue weighted by Gasteiger charge is 2.13. The van der Waals surface area contributed by atoms with Gasteiger partial charge in [-0.2, -0.15) is 0 Å². The third-order valence-electron chi connectivity index (χ3n) is 5.99. The lowest BCUT2D eigenvalue weighted by Crippen LogP contribution is -2.00. The Bertz CT molecular complexity index is 1580. The van der Waals surface area contributed by atoms with Gasteiger partial charge in [-0.15, -0.1) is 0 Å². The molecule has 37 heavy (non-hydrogen) atoms. The van der Waals surface area contributed by atoms with Crippen LogP contribution in [0, 0.1) is 6.92 Å². The van der Waals surface area contributed by atoms with Crippen molar-refractivity contribution in [2.24, 2.45) is 0 Å². The molecular formula is C33H26N4. The molecular weight excluding hydrogens is 452 g/mol. The zero-order valence-corrected chi connectivity index (χ0v) is 20.7. The largest absolute Gasteiger partial charge is 0.253 e. The van der Waals surface area contributed by atoms with Crippen LogP contribution < -0.4 is 0 Å². The molecule has 0 spiro atoms. The molecule has 2 aromatic heterocycles. The normalized spacial score (nSPS) is 11.2. The van der Waals surface area contributed by atoms with Crippen LogP contribution in [0.3, 0.4) is 0 Å². The quantitative estimate of drug-likeness (QED) is 0.222. The van der Waals surface area contributed by atoms with Gasteiger partial charge in [0.2, 0.25) is 0 Å². The number of nitrogens with zero attached hydrogens (tertiary/aromatic N) is 4. The van der Waals surface area contributed by atoms with Crippen molar-refractivity contribution in [2.75, 3.05) is 0 Å². The van der Waals surface area contributed by atoms with E-state index in [4.69, 9.17) is 15.0 Å². The lowest BCUT2D eigenvalue weighted by Gasteiger charge is -2.10. The first-order valence-corrected chi connectivity index (χ1v) is 12.1. The summed E-state index contributed by atoms with van der Waals surface area (Å²) in [5.74, 6) is 1.87. The van der Waals surface area contributed by atoms with Gasteiger partial charge in [0.15, 0.2) is 17.5 Å². The van der Waals surface area contributed by atoms with Gasteiger partial charge in [0.05, 0.1) is 5.69 Å². The van der Waals surface area contributed by atoms with Crippen molar-refractivity contribution in [3.05, 3.63) is 140 Å². The van der Waals surface area contributed by atoms with E-state index in [-0.39, 0.29) is 0 Å². The second-order valence-electron chi connectivity index (χ2n) is 8.55. The van der Waals surface area contributed by atoms with Crippen LogP contribution in [0.1, 0.15) is 11.3 Å². The lowest BCUT2D eigenvalue weighted by molar-refractivity contribution is 1.07. The van der Waals surface area contributed by atoms with Crippen LogP contribution in [0.5, 0.6) is 0 Å². The van der Waals surface area contributed by atoms with Gasteiger partial charge in [-0.25, -0.2) is 15.0 Å². The minimum absolute atomic E-state index is 0.618. The number of allylic oxidation sites excluding steroid dienone is 4. The number of hydrogen-bond acceptors (Lipinski definition) is 4. The summed E-state index contributed by atoms with van der Waals surface area (Å²) in [7, 11) is 0. The van der Waals surface area contributed by atoms with Crippen molar-refractivity contribution >= 4 is 5.57 Å². The summed E-state index contributed by atoms with van der Waals surface area (Å²) in [5.41, 5.74) is 7.80. The van der Waals surface area contributed by atoms with Gasteiger partial charge >= 0.3 is 0 Å². The van der Waals surface area contributed by atoms with E-state index in [1.54, 1.807) is 6.08 Å². The van der Waals surface area contributed by atoms with Gasteiger partial charge < -0.3 is 0 Å². The maximum absolute atomic E-state index is 4.86. The summed E-state index contributed by atoms with van der Waals surface area (Å²) in [6.45, 7) is 9.69. The minimum Gasteiger partial charge on any atom is -0.253 e. The molecule has 4 heteroatoms. The van der Waals surface area contributed by atoms with Crippen molar-refractivity contribution in [1.82, 2.24) is 19.9 Å². The molecule has 0 atom stereocenters. The van der Waals surface area contributed by atoms with E-state index in [2.05, 4.69) is 30.3 Å². The molecule has 4 nitrogen and oxygen atoms in total. The SMILES string of the molecule is C=C/C=C(\C=C)c1ccc(-c2nc(-c3ccccc3)nc(-c3ccc(-c4cccc(C)n4)cc3)n2)cc1. The van der Waals surface area contributed by atoms with E-state index in [0.717, 1.165) is 44.8 Å². The zero-order valence-electron chi connectivity index (χ0n) is 20.7. The van der Waals surface area contributed by atoms with Gasteiger partial charge in [-0.3, -0.25) is 4.98 Å². The Hall–Kier alpha value is -4.96. The fourth-order valence-corrected chi connectivity index (χ4v) is 4.07. The van der Waals surface area contributed by atoms with E-state index in [1.807, 2.05) is 104 Å². The number of rotatable bonds is 7. The van der Waals surface area contributed by atoms with Crippen LogP contribution in [0.15, 0.2) is 128 Å². The van der Waals surface area contributed by atoms with E-state index in [1.165, 1.54) is 0 Å². The molecule has 178 valence electrons. The van der Waals surface area contributed by atoms with Crippen LogP contribution >= 0.6 is 0 Å². The second kappa shape index (κ2) is 10.8. The standard InChI is InChI=1S/C33H26N4/c1-4-10-24(5-2)25-15-19-28(20-16-25)32-35-31(27-12-7-6-8-13-27)36-33(37-32)29-21-17-26(18-22-29)30-14-9-11-23(3)34-30/h4-22H,1-2H2,3H3/b24-10+. The van der Waals surface area contributed by atoms with Crippen LogP contribution in [0.2, 0.25) is 0 Å². The number of aryl methyl sites for hydroxylation is 1. The molecule has 0 unspecified atom stereocenters. The third-order valence-corrected chi connectivity index (χ3v) is 5.99. The molecule has 0 bridgehead atoms. The van der Waals surface area contributed by atoms with E-state index < -0.39 is 0 Å². The van der Waals surface area contributed by atoms with E-state index >= 15 is 0 Å². The Labute approximate surface area is 217 Å². The monoisotopic (exact) mass is 478 g/mol. The van der Waals surface area contributed by atoms with Crippen molar-refractivity contribution < 1.29 is 0 Å². The lowest BCUT2D eigenvalue weighted by atomic mass is 10.0. The Balaban J connectivity index is 1.57. The first kappa shape index (κ1) is 23.8. The molecule has 5 rings (SSSR count). The molecule has 0 aliphatic rings. The van der Waals surface area contributed by atoms with Gasteiger partial charge in [-0.1, -0.05) is 116 Å². The van der Waals surface area contributed by atoms with E-state index in [9.17, 15) is 0 Å². The topological polar surface area (TPSA) is 51.6 Å². The molecule has 0 aliphatic heterocycles. The average Bonchev–Trinajstić information content (AvgIpc) is 2.96. The molecule has 0 N–H and O–H groups in total. The van der Waals surface area contributed by atoms with Crippen LogP contribution in [0.4, 0.5) is 0 Å². The summed E-state index contributed by atoms with van der Waals surface area (Å²) in [6.07, 6.45) is 5.52. The predicted octanol–water partition coefficient (Wildman–Crippen LogP) is 8.00. The Morgan fingerprint density at radius 3 is 1.65 bits per heavy atom. The van der Waals surface area contributed by atoms with Gasteiger partial charge in [0.25, 0.3) is 0 Å². The minimum atomic E-state index is 0.618. The highest BCUT2D eigenvalue weighted by atomic mass is 15.0. The molecule has 0 amide bonds. The Morgan fingerprint density at radius 2 is 1.11 bits per heavy atom. The smallest absolute Gasteiger partial charge is 0.164 e. The number of benzene rings is 3. The molecule has 0 aliphatic carbocycles. The van der Waals surface area contributed by atoms with Gasteiger partial charge in [0.1, 0.15) is 0 Å². The Kier molecular flexibility index (Phi) is 6.91. The average molecular weight is 479 g/mol. The molecule has 0 radical (unpaired) electrons. The van der Waals surface area contributed by atoms with E-state index in [0.29, 0.717) is 17.5 Å². The molecule has 3 aromatic carbocycles. The van der Waals surface area contributed by atoms with Crippen LogP contribution in [0.25, 0.3) is 51.0 Å². The van der Waals surface area contributed by atoms with Gasteiger partial charge in [-0.05, 0) is 30.2 Å². The van der Waals surface area contributed by atoms with Crippen molar-refractivity contribution in [3.8, 4) is 45.4 Å². The number of aromatic nitrogens is 4. The molecule has 0 saturated heterocycles. The number of hydrogen-bond donors (Lipinski definition) is 0. The van der Waals surface area contributed by atoms with Crippen molar-refractivity contribution in [2.45, 2.75) is 6.92 Å². The summed E-state index contributed by atoms with van der Waals surface area (Å²) in [6, 6.07) is 32.3.